The van der Waals surface area contributed by atoms with Gasteiger partial charge in [-0.1, -0.05) is 29.9 Å². The summed E-state index contributed by atoms with van der Waals surface area (Å²) in [6.45, 7) is 2.31. The fourth-order valence-electron chi connectivity index (χ4n) is 3.14. The second-order valence-corrected chi connectivity index (χ2v) is 6.59. The van der Waals surface area contributed by atoms with E-state index < -0.39 is 0 Å². The van der Waals surface area contributed by atoms with Crippen LogP contribution in [0.1, 0.15) is 25.3 Å². The molecule has 17 heavy (non-hydrogen) atoms. The van der Waals surface area contributed by atoms with E-state index >= 15 is 0 Å². The first-order valence-corrected chi connectivity index (χ1v) is 7.42. The van der Waals surface area contributed by atoms with Crippen molar-refractivity contribution in [1.82, 2.24) is 0 Å². The van der Waals surface area contributed by atoms with Gasteiger partial charge in [0, 0.05) is 9.49 Å². The molecular formula is C16H17I. The number of benzene rings is 1. The van der Waals surface area contributed by atoms with E-state index in [-0.39, 0.29) is 0 Å². The highest BCUT2D eigenvalue weighted by atomic mass is 127. The summed E-state index contributed by atoms with van der Waals surface area (Å²) in [6, 6.07) is 8.94. The van der Waals surface area contributed by atoms with Crippen molar-refractivity contribution in [3.8, 4) is 0 Å². The Balaban J connectivity index is 1.72. The standard InChI is InChI=1S/C16H17I/c1-11-7-13(9-14-5-6-16(11)14)8-12-3-2-4-15(17)10-12/h2-6,10,13-14H,7-9H2,1H3. The topological polar surface area (TPSA) is 0 Å². The highest BCUT2D eigenvalue weighted by Gasteiger charge is 2.28. The molecule has 1 aromatic carbocycles. The van der Waals surface area contributed by atoms with Gasteiger partial charge in [0.1, 0.15) is 0 Å². The molecule has 0 heterocycles. The number of halogens is 1. The van der Waals surface area contributed by atoms with E-state index in [0.29, 0.717) is 0 Å². The predicted octanol–water partition coefficient (Wildman–Crippen LogP) is 4.75. The lowest BCUT2D eigenvalue weighted by molar-refractivity contribution is 0.400. The Hall–Kier alpha value is -0.570. The van der Waals surface area contributed by atoms with E-state index in [1.165, 1.54) is 28.4 Å². The molecule has 0 amide bonds. The van der Waals surface area contributed by atoms with Crippen LogP contribution in [0.2, 0.25) is 0 Å². The number of hydrogen-bond donors (Lipinski definition) is 0. The van der Waals surface area contributed by atoms with Crippen molar-refractivity contribution in [2.75, 3.05) is 0 Å². The van der Waals surface area contributed by atoms with Crippen LogP contribution in [0.25, 0.3) is 0 Å². The molecule has 0 radical (unpaired) electrons. The molecule has 2 unspecified atom stereocenters. The second-order valence-electron chi connectivity index (χ2n) is 5.34. The number of allylic oxidation sites excluding steroid dienone is 4. The smallest absolute Gasteiger partial charge is 0.0133 e. The van der Waals surface area contributed by atoms with Crippen LogP contribution in [0, 0.1) is 15.4 Å². The van der Waals surface area contributed by atoms with E-state index in [1.54, 1.807) is 11.1 Å². The first-order chi connectivity index (χ1) is 8.22. The third kappa shape index (κ3) is 2.35. The van der Waals surface area contributed by atoms with Crippen molar-refractivity contribution < 1.29 is 0 Å². The van der Waals surface area contributed by atoms with E-state index in [4.69, 9.17) is 0 Å². The van der Waals surface area contributed by atoms with Crippen molar-refractivity contribution in [2.24, 2.45) is 11.8 Å². The summed E-state index contributed by atoms with van der Waals surface area (Å²) < 4.78 is 1.35. The van der Waals surface area contributed by atoms with Gasteiger partial charge >= 0.3 is 0 Å². The molecule has 0 spiro atoms. The zero-order valence-electron chi connectivity index (χ0n) is 10.1. The fraction of sp³-hybridized carbons (Fsp3) is 0.375. The minimum absolute atomic E-state index is 0.775. The molecule has 2 aliphatic rings. The summed E-state index contributed by atoms with van der Waals surface area (Å²) in [7, 11) is 0. The molecular weight excluding hydrogens is 319 g/mol. The zero-order chi connectivity index (χ0) is 11.8. The van der Waals surface area contributed by atoms with Gasteiger partial charge in [0.15, 0.2) is 0 Å². The lowest BCUT2D eigenvalue weighted by atomic mass is 9.70. The molecule has 0 saturated heterocycles. The van der Waals surface area contributed by atoms with Gasteiger partial charge in [0.25, 0.3) is 0 Å². The lowest BCUT2D eigenvalue weighted by Crippen LogP contribution is -2.22. The van der Waals surface area contributed by atoms with Gasteiger partial charge in [-0.15, -0.1) is 0 Å². The summed E-state index contributed by atoms with van der Waals surface area (Å²) in [5.74, 6) is 1.61. The monoisotopic (exact) mass is 336 g/mol. The third-order valence-electron chi connectivity index (χ3n) is 4.00. The molecule has 0 N–H and O–H groups in total. The molecule has 0 fully saturated rings. The van der Waals surface area contributed by atoms with Gasteiger partial charge in [-0.3, -0.25) is 0 Å². The summed E-state index contributed by atoms with van der Waals surface area (Å²) in [5.41, 5.74) is 4.75. The van der Waals surface area contributed by atoms with E-state index in [0.717, 1.165) is 11.8 Å². The normalized spacial score (nSPS) is 26.7. The summed E-state index contributed by atoms with van der Waals surface area (Å²) in [4.78, 5) is 0. The van der Waals surface area contributed by atoms with E-state index in [2.05, 4.69) is 65.9 Å². The van der Waals surface area contributed by atoms with Crippen LogP contribution in [0.4, 0.5) is 0 Å². The maximum absolute atomic E-state index is 2.40. The largest absolute Gasteiger partial charge is 0.0767 e. The van der Waals surface area contributed by atoms with E-state index in [1.807, 2.05) is 0 Å². The van der Waals surface area contributed by atoms with Gasteiger partial charge in [0.05, 0.1) is 0 Å². The average molecular weight is 336 g/mol. The Morgan fingerprint density at radius 3 is 2.88 bits per heavy atom. The first kappa shape index (κ1) is 11.5. The molecule has 0 bridgehead atoms. The summed E-state index contributed by atoms with van der Waals surface area (Å²) in [5, 5.41) is 0. The predicted molar refractivity (Wildman–Crippen MR) is 80.9 cm³/mol. The van der Waals surface area contributed by atoms with Crippen LogP contribution in [0.3, 0.4) is 0 Å². The van der Waals surface area contributed by atoms with Crippen LogP contribution in [0.5, 0.6) is 0 Å². The third-order valence-corrected chi connectivity index (χ3v) is 4.67. The summed E-state index contributed by atoms with van der Waals surface area (Å²) in [6.07, 6.45) is 8.57. The Morgan fingerprint density at radius 1 is 1.35 bits per heavy atom. The molecule has 1 heteroatoms. The quantitative estimate of drug-likeness (QED) is 0.684. The van der Waals surface area contributed by atoms with Gasteiger partial charge in [-0.25, -0.2) is 0 Å². The van der Waals surface area contributed by atoms with Gasteiger partial charge < -0.3 is 0 Å². The van der Waals surface area contributed by atoms with Gasteiger partial charge in [-0.05, 0) is 78.0 Å². The molecule has 2 aliphatic carbocycles. The second kappa shape index (κ2) is 4.60. The number of hydrogen-bond acceptors (Lipinski definition) is 0. The Labute approximate surface area is 117 Å². The molecule has 3 rings (SSSR count). The molecule has 0 aliphatic heterocycles. The first-order valence-electron chi connectivity index (χ1n) is 6.34. The minimum atomic E-state index is 0.775. The zero-order valence-corrected chi connectivity index (χ0v) is 12.3. The average Bonchev–Trinajstić information content (AvgIpc) is 2.22. The van der Waals surface area contributed by atoms with Crippen LogP contribution < -0.4 is 0 Å². The lowest BCUT2D eigenvalue weighted by Gasteiger charge is -2.35. The highest BCUT2D eigenvalue weighted by molar-refractivity contribution is 14.1. The van der Waals surface area contributed by atoms with Crippen molar-refractivity contribution in [1.29, 1.82) is 0 Å². The van der Waals surface area contributed by atoms with Crippen molar-refractivity contribution >= 4 is 22.6 Å². The van der Waals surface area contributed by atoms with Crippen molar-refractivity contribution in [3.63, 3.8) is 0 Å². The molecule has 0 nitrogen and oxygen atoms in total. The maximum Gasteiger partial charge on any atom is 0.0133 e. The minimum Gasteiger partial charge on any atom is -0.0767 e. The Bertz CT molecular complexity index is 496. The van der Waals surface area contributed by atoms with Crippen LogP contribution in [0.15, 0.2) is 47.6 Å². The maximum atomic E-state index is 2.40. The number of rotatable bonds is 2. The fourth-order valence-corrected chi connectivity index (χ4v) is 3.75. The van der Waals surface area contributed by atoms with Crippen molar-refractivity contribution in [2.45, 2.75) is 26.2 Å². The van der Waals surface area contributed by atoms with Gasteiger partial charge in [-0.2, -0.15) is 0 Å². The SMILES string of the molecule is CC1=C2C=CC2CC(Cc2cccc(I)c2)C1. The van der Waals surface area contributed by atoms with E-state index in [9.17, 15) is 0 Å². The molecule has 1 aromatic rings. The van der Waals surface area contributed by atoms with Crippen LogP contribution in [-0.4, -0.2) is 0 Å². The van der Waals surface area contributed by atoms with Crippen LogP contribution in [-0.2, 0) is 6.42 Å². The molecule has 0 saturated carbocycles. The molecule has 88 valence electrons. The van der Waals surface area contributed by atoms with Gasteiger partial charge in [0.2, 0.25) is 0 Å². The Morgan fingerprint density at radius 2 is 2.24 bits per heavy atom. The van der Waals surface area contributed by atoms with Crippen molar-refractivity contribution in [3.05, 3.63) is 56.7 Å². The highest BCUT2D eigenvalue weighted by Crippen LogP contribution is 2.41. The Kier molecular flexibility index (Phi) is 3.12. The van der Waals surface area contributed by atoms with Crippen LogP contribution >= 0.6 is 22.6 Å². The summed E-state index contributed by atoms with van der Waals surface area (Å²) >= 11 is 2.40. The molecule has 0 aromatic heterocycles. The molecule has 2 atom stereocenters. The number of fused-ring (bicyclic) bond motifs is 1.